The van der Waals surface area contributed by atoms with Gasteiger partial charge in [0.05, 0.1) is 5.56 Å². The molecule has 2 nitrogen and oxygen atoms in total. The van der Waals surface area contributed by atoms with Crippen LogP contribution in [-0.4, -0.2) is 30.1 Å². The van der Waals surface area contributed by atoms with E-state index in [0.29, 0.717) is 18.5 Å². The van der Waals surface area contributed by atoms with Gasteiger partial charge >= 0.3 is 6.18 Å². The quantitative estimate of drug-likeness (QED) is 0.820. The molecule has 94 valence electrons. The molecule has 0 bridgehead atoms. The molecule has 1 N–H and O–H groups in total. The molecule has 1 fully saturated rings. The summed E-state index contributed by atoms with van der Waals surface area (Å²) in [5.41, 5.74) is -1.15. The van der Waals surface area contributed by atoms with Gasteiger partial charge in [-0.25, -0.2) is 0 Å². The zero-order valence-corrected chi connectivity index (χ0v) is 9.46. The van der Waals surface area contributed by atoms with E-state index < -0.39 is 17.3 Å². The van der Waals surface area contributed by atoms with Gasteiger partial charge in [-0.2, -0.15) is 13.2 Å². The highest BCUT2D eigenvalue weighted by molar-refractivity contribution is 5.29. The summed E-state index contributed by atoms with van der Waals surface area (Å²) < 4.78 is 37.2. The Morgan fingerprint density at radius 2 is 1.82 bits per heavy atom. The third kappa shape index (κ3) is 2.45. The number of rotatable bonds is 1. The lowest BCUT2D eigenvalue weighted by Crippen LogP contribution is -2.29. The van der Waals surface area contributed by atoms with Crippen LogP contribution >= 0.6 is 0 Å². The Hall–Kier alpha value is -1.07. The van der Waals surface area contributed by atoms with Crippen LogP contribution in [0, 0.1) is 0 Å². The van der Waals surface area contributed by atoms with Crippen LogP contribution in [0.3, 0.4) is 0 Å². The van der Waals surface area contributed by atoms with E-state index in [1.165, 1.54) is 12.1 Å². The molecular weight excluding hydrogens is 231 g/mol. The van der Waals surface area contributed by atoms with Crippen molar-refractivity contribution in [3.05, 3.63) is 35.4 Å². The van der Waals surface area contributed by atoms with Crippen molar-refractivity contribution in [1.29, 1.82) is 0 Å². The van der Waals surface area contributed by atoms with E-state index in [0.717, 1.165) is 18.7 Å². The minimum Gasteiger partial charge on any atom is -0.384 e. The first-order valence-electron chi connectivity index (χ1n) is 5.40. The number of benzene rings is 1. The van der Waals surface area contributed by atoms with Gasteiger partial charge in [-0.1, -0.05) is 12.1 Å². The topological polar surface area (TPSA) is 23.5 Å². The van der Waals surface area contributed by atoms with Crippen LogP contribution in [0.4, 0.5) is 13.2 Å². The van der Waals surface area contributed by atoms with E-state index in [9.17, 15) is 18.3 Å². The van der Waals surface area contributed by atoms with Crippen LogP contribution < -0.4 is 0 Å². The predicted molar refractivity (Wildman–Crippen MR) is 57.5 cm³/mol. The maximum atomic E-state index is 12.4. The third-order valence-corrected chi connectivity index (χ3v) is 3.19. The molecule has 5 heteroatoms. The first kappa shape index (κ1) is 12.4. The van der Waals surface area contributed by atoms with Gasteiger partial charge in [0.1, 0.15) is 5.60 Å². The summed E-state index contributed by atoms with van der Waals surface area (Å²) in [6.45, 7) is 1.20. The molecule has 0 saturated carbocycles. The molecule has 1 unspecified atom stereocenters. The number of nitrogens with zero attached hydrogens (tertiary/aromatic N) is 1. The van der Waals surface area contributed by atoms with Crippen LogP contribution in [0.15, 0.2) is 24.3 Å². The Labute approximate surface area is 97.7 Å². The highest BCUT2D eigenvalue weighted by Crippen LogP contribution is 2.34. The minimum atomic E-state index is -4.33. The minimum absolute atomic E-state index is 0.457. The Bertz CT molecular complexity index is 401. The zero-order valence-electron chi connectivity index (χ0n) is 9.46. The van der Waals surface area contributed by atoms with Crippen LogP contribution in [-0.2, 0) is 11.8 Å². The van der Waals surface area contributed by atoms with E-state index in [1.54, 1.807) is 0 Å². The standard InChI is InChI=1S/C12H14F3NO/c1-16-7-6-11(17,8-16)9-2-4-10(5-3-9)12(13,14)15/h2-5,17H,6-8H2,1H3. The van der Waals surface area contributed by atoms with Crippen LogP contribution in [0.25, 0.3) is 0 Å². The molecule has 0 aromatic heterocycles. The average Bonchev–Trinajstić information content (AvgIpc) is 2.59. The molecule has 2 rings (SSSR count). The number of likely N-dealkylation sites (N-methyl/N-ethyl adjacent to an activating group) is 1. The summed E-state index contributed by atoms with van der Waals surface area (Å²) in [6.07, 6.45) is -3.78. The normalized spacial score (nSPS) is 26.4. The number of hydrogen-bond acceptors (Lipinski definition) is 2. The summed E-state index contributed by atoms with van der Waals surface area (Å²) in [6, 6.07) is 4.77. The molecule has 0 spiro atoms. The van der Waals surface area contributed by atoms with E-state index in [4.69, 9.17) is 0 Å². The molecule has 1 aromatic rings. The second-order valence-electron chi connectivity index (χ2n) is 4.59. The SMILES string of the molecule is CN1CCC(O)(c2ccc(C(F)(F)F)cc2)C1. The molecular formula is C12H14F3NO. The summed E-state index contributed by atoms with van der Waals surface area (Å²) in [5, 5.41) is 10.3. The highest BCUT2D eigenvalue weighted by Gasteiger charge is 2.37. The molecule has 1 aliphatic heterocycles. The Morgan fingerprint density at radius 1 is 1.24 bits per heavy atom. The second-order valence-corrected chi connectivity index (χ2v) is 4.59. The van der Waals surface area contributed by atoms with Gasteiger partial charge in [0.15, 0.2) is 0 Å². The Kier molecular flexibility index (Phi) is 2.91. The number of hydrogen-bond donors (Lipinski definition) is 1. The summed E-state index contributed by atoms with van der Waals surface area (Å²) in [7, 11) is 1.88. The smallest absolute Gasteiger partial charge is 0.384 e. The van der Waals surface area contributed by atoms with Crippen LogP contribution in [0.5, 0.6) is 0 Å². The number of likely N-dealkylation sites (tertiary alicyclic amines) is 1. The van der Waals surface area contributed by atoms with Gasteiger partial charge < -0.3 is 10.0 Å². The van der Waals surface area contributed by atoms with Crippen molar-refractivity contribution in [3.8, 4) is 0 Å². The zero-order chi connectivity index (χ0) is 12.7. The monoisotopic (exact) mass is 245 g/mol. The number of β-amino-alcohol motifs (C(OH)–C–C–N with tert-alkyl or cyclic N) is 1. The Morgan fingerprint density at radius 3 is 2.24 bits per heavy atom. The summed E-state index contributed by atoms with van der Waals surface area (Å²) in [4.78, 5) is 1.96. The summed E-state index contributed by atoms with van der Waals surface area (Å²) >= 11 is 0. The van der Waals surface area contributed by atoms with Crippen molar-refractivity contribution in [3.63, 3.8) is 0 Å². The first-order chi connectivity index (χ1) is 7.81. The lowest BCUT2D eigenvalue weighted by atomic mass is 9.92. The fourth-order valence-electron chi connectivity index (χ4n) is 2.19. The van der Waals surface area contributed by atoms with Crippen LogP contribution in [0.1, 0.15) is 17.5 Å². The molecule has 0 aliphatic carbocycles. The van der Waals surface area contributed by atoms with Crippen molar-refractivity contribution in [1.82, 2.24) is 4.90 Å². The molecule has 17 heavy (non-hydrogen) atoms. The lowest BCUT2D eigenvalue weighted by Gasteiger charge is -2.23. The van der Waals surface area contributed by atoms with Crippen molar-refractivity contribution < 1.29 is 18.3 Å². The van der Waals surface area contributed by atoms with Gasteiger partial charge in [0, 0.05) is 13.1 Å². The van der Waals surface area contributed by atoms with Gasteiger partial charge in [-0.05, 0) is 31.2 Å². The average molecular weight is 245 g/mol. The molecule has 1 atom stereocenters. The van der Waals surface area contributed by atoms with Gasteiger partial charge in [-0.3, -0.25) is 0 Å². The maximum Gasteiger partial charge on any atom is 0.416 e. The number of alkyl halides is 3. The molecule has 0 amide bonds. The van der Waals surface area contributed by atoms with Crippen LogP contribution in [0.2, 0.25) is 0 Å². The fraction of sp³-hybridized carbons (Fsp3) is 0.500. The van der Waals surface area contributed by atoms with Crippen molar-refractivity contribution >= 4 is 0 Å². The van der Waals surface area contributed by atoms with Crippen molar-refractivity contribution in [2.45, 2.75) is 18.2 Å². The third-order valence-electron chi connectivity index (χ3n) is 3.19. The molecule has 1 heterocycles. The van der Waals surface area contributed by atoms with Gasteiger partial charge in [0.2, 0.25) is 0 Å². The maximum absolute atomic E-state index is 12.4. The second kappa shape index (κ2) is 3.99. The van der Waals surface area contributed by atoms with Gasteiger partial charge in [-0.15, -0.1) is 0 Å². The molecule has 1 saturated heterocycles. The highest BCUT2D eigenvalue weighted by atomic mass is 19.4. The Balaban J connectivity index is 2.24. The first-order valence-corrected chi connectivity index (χ1v) is 5.40. The van der Waals surface area contributed by atoms with E-state index in [2.05, 4.69) is 0 Å². The van der Waals surface area contributed by atoms with Crippen molar-refractivity contribution in [2.75, 3.05) is 20.1 Å². The van der Waals surface area contributed by atoms with Crippen molar-refractivity contribution in [2.24, 2.45) is 0 Å². The van der Waals surface area contributed by atoms with E-state index in [-0.39, 0.29) is 0 Å². The fourth-order valence-corrected chi connectivity index (χ4v) is 2.19. The number of halogens is 3. The van der Waals surface area contributed by atoms with E-state index in [1.807, 2.05) is 11.9 Å². The molecule has 1 aromatic carbocycles. The predicted octanol–water partition coefficient (Wildman–Crippen LogP) is 2.23. The van der Waals surface area contributed by atoms with E-state index >= 15 is 0 Å². The number of aliphatic hydroxyl groups is 1. The molecule has 1 aliphatic rings. The lowest BCUT2D eigenvalue weighted by molar-refractivity contribution is -0.137. The molecule has 0 radical (unpaired) electrons. The summed E-state index contributed by atoms with van der Waals surface area (Å²) in [5.74, 6) is 0. The van der Waals surface area contributed by atoms with Gasteiger partial charge in [0.25, 0.3) is 0 Å². The largest absolute Gasteiger partial charge is 0.416 e.